The lowest BCUT2D eigenvalue weighted by Gasteiger charge is -2.10. The summed E-state index contributed by atoms with van der Waals surface area (Å²) in [5, 5.41) is 6.50. The summed E-state index contributed by atoms with van der Waals surface area (Å²) >= 11 is 1.44. The molecule has 0 fully saturated rings. The number of ether oxygens (including phenoxy) is 3. The molecule has 0 amide bonds. The van der Waals surface area contributed by atoms with E-state index in [0.717, 1.165) is 10.6 Å². The van der Waals surface area contributed by atoms with Gasteiger partial charge in [-0.25, -0.2) is 14.2 Å². The van der Waals surface area contributed by atoms with Crippen LogP contribution in [0, 0.1) is 5.82 Å². The zero-order valence-electron chi connectivity index (χ0n) is 17.5. The lowest BCUT2D eigenvalue weighted by molar-refractivity contribution is -0.156. The van der Waals surface area contributed by atoms with Crippen molar-refractivity contribution in [2.24, 2.45) is 5.16 Å². The molecule has 9 heteroatoms. The molecular weight excluding hydrogens is 435 g/mol. The molecule has 0 N–H and O–H groups in total. The van der Waals surface area contributed by atoms with Crippen LogP contribution in [0.1, 0.15) is 24.6 Å². The molecule has 2 heterocycles. The summed E-state index contributed by atoms with van der Waals surface area (Å²) in [4.78, 5) is 22.1. The van der Waals surface area contributed by atoms with Gasteiger partial charge in [-0.05, 0) is 37.3 Å². The first-order chi connectivity index (χ1) is 15.6. The highest BCUT2D eigenvalue weighted by Gasteiger charge is 2.30. The zero-order valence-corrected chi connectivity index (χ0v) is 18.4. The molecular formula is C23H21FN2O5S. The molecule has 0 spiro atoms. The molecule has 1 unspecified atom stereocenters. The van der Waals surface area contributed by atoms with Gasteiger partial charge < -0.3 is 19.0 Å². The largest absolute Gasteiger partial charge is 0.493 e. The van der Waals surface area contributed by atoms with Crippen molar-refractivity contribution in [1.82, 2.24) is 4.98 Å². The van der Waals surface area contributed by atoms with E-state index in [9.17, 15) is 9.18 Å². The number of carbonyl (C=O) groups excluding carboxylic acids is 1. The Hall–Kier alpha value is -3.46. The van der Waals surface area contributed by atoms with Gasteiger partial charge >= 0.3 is 5.97 Å². The Morgan fingerprint density at radius 3 is 2.88 bits per heavy atom. The van der Waals surface area contributed by atoms with Crippen LogP contribution >= 0.6 is 11.3 Å². The van der Waals surface area contributed by atoms with Crippen LogP contribution in [0.2, 0.25) is 0 Å². The average molecular weight is 456 g/mol. The molecule has 1 atom stereocenters. The Balaban J connectivity index is 1.34. The molecule has 1 aromatic heterocycles. The summed E-state index contributed by atoms with van der Waals surface area (Å²) in [7, 11) is 1.59. The minimum atomic E-state index is -0.859. The van der Waals surface area contributed by atoms with Crippen LogP contribution in [-0.4, -0.2) is 36.5 Å². The van der Waals surface area contributed by atoms with Crippen LogP contribution in [0.15, 0.2) is 53.0 Å². The number of esters is 1. The maximum absolute atomic E-state index is 13.4. The second kappa shape index (κ2) is 9.78. The number of oxime groups is 1. The third-order valence-corrected chi connectivity index (χ3v) is 5.65. The van der Waals surface area contributed by atoms with Crippen molar-refractivity contribution < 1.29 is 28.2 Å². The number of hydrogen-bond acceptors (Lipinski definition) is 8. The fourth-order valence-corrected chi connectivity index (χ4v) is 3.96. The van der Waals surface area contributed by atoms with Gasteiger partial charge in [-0.2, -0.15) is 0 Å². The fourth-order valence-electron chi connectivity index (χ4n) is 3.16. The molecule has 0 aliphatic carbocycles. The third-order valence-electron chi connectivity index (χ3n) is 4.71. The average Bonchev–Trinajstić information content (AvgIpc) is 3.48. The minimum Gasteiger partial charge on any atom is -0.493 e. The molecule has 4 rings (SSSR count). The van der Waals surface area contributed by atoms with Crippen molar-refractivity contribution in [2.45, 2.75) is 26.1 Å². The van der Waals surface area contributed by atoms with Gasteiger partial charge in [-0.15, -0.1) is 11.3 Å². The lowest BCUT2D eigenvalue weighted by Crippen LogP contribution is -2.23. The Morgan fingerprint density at radius 2 is 2.09 bits per heavy atom. The van der Waals surface area contributed by atoms with E-state index in [-0.39, 0.29) is 18.8 Å². The predicted molar refractivity (Wildman–Crippen MR) is 117 cm³/mol. The fraction of sp³-hybridized carbons (Fsp3) is 0.261. The number of methoxy groups -OCH3 is 1. The Kier molecular flexibility index (Phi) is 6.65. The van der Waals surface area contributed by atoms with Crippen LogP contribution in [0.3, 0.4) is 0 Å². The van der Waals surface area contributed by atoms with Crippen LogP contribution in [-0.2, 0) is 21.0 Å². The van der Waals surface area contributed by atoms with Crippen molar-refractivity contribution in [2.75, 3.05) is 13.7 Å². The monoisotopic (exact) mass is 456 g/mol. The zero-order chi connectivity index (χ0) is 22.5. The van der Waals surface area contributed by atoms with E-state index in [2.05, 4.69) is 10.1 Å². The maximum Gasteiger partial charge on any atom is 0.351 e. The summed E-state index contributed by atoms with van der Waals surface area (Å²) in [6.07, 6.45) is -0.641. The maximum atomic E-state index is 13.4. The summed E-state index contributed by atoms with van der Waals surface area (Å²) < 4.78 is 29.7. The topological polar surface area (TPSA) is 79.2 Å². The predicted octanol–water partition coefficient (Wildman–Crippen LogP) is 4.59. The van der Waals surface area contributed by atoms with E-state index in [4.69, 9.17) is 19.0 Å². The van der Waals surface area contributed by atoms with Crippen LogP contribution in [0.5, 0.6) is 11.5 Å². The van der Waals surface area contributed by atoms with Gasteiger partial charge in [0.15, 0.2) is 11.5 Å². The van der Waals surface area contributed by atoms with Crippen molar-refractivity contribution in [3.8, 4) is 22.1 Å². The molecule has 7 nitrogen and oxygen atoms in total. The van der Waals surface area contributed by atoms with Gasteiger partial charge in [0.25, 0.3) is 0 Å². The quantitative estimate of drug-likeness (QED) is 0.461. The normalized spacial score (nSPS) is 15.1. The molecule has 0 saturated heterocycles. The van der Waals surface area contributed by atoms with Gasteiger partial charge in [0, 0.05) is 22.9 Å². The van der Waals surface area contributed by atoms with E-state index in [0.29, 0.717) is 35.1 Å². The second-order valence-corrected chi connectivity index (χ2v) is 7.75. The van der Waals surface area contributed by atoms with Gasteiger partial charge in [0.1, 0.15) is 17.4 Å². The summed E-state index contributed by atoms with van der Waals surface area (Å²) in [5.74, 6) is 0.374. The van der Waals surface area contributed by atoms with Crippen molar-refractivity contribution in [1.29, 1.82) is 0 Å². The smallest absolute Gasteiger partial charge is 0.351 e. The van der Waals surface area contributed by atoms with Gasteiger partial charge in [-0.3, -0.25) is 0 Å². The lowest BCUT2D eigenvalue weighted by atomic mass is 10.1. The first-order valence-corrected chi connectivity index (χ1v) is 10.9. The molecule has 0 bridgehead atoms. The number of rotatable bonds is 8. The van der Waals surface area contributed by atoms with E-state index < -0.39 is 12.1 Å². The van der Waals surface area contributed by atoms with Crippen molar-refractivity contribution >= 4 is 23.0 Å². The first kappa shape index (κ1) is 21.8. The first-order valence-electron chi connectivity index (χ1n) is 9.98. The second-order valence-electron chi connectivity index (χ2n) is 6.90. The van der Waals surface area contributed by atoms with E-state index in [1.165, 1.54) is 23.5 Å². The molecule has 0 saturated carbocycles. The highest BCUT2D eigenvalue weighted by Crippen LogP contribution is 2.34. The van der Waals surface area contributed by atoms with Crippen molar-refractivity contribution in [3.05, 3.63) is 64.9 Å². The van der Waals surface area contributed by atoms with Crippen LogP contribution in [0.25, 0.3) is 10.6 Å². The molecule has 166 valence electrons. The van der Waals surface area contributed by atoms with Gasteiger partial charge in [-0.1, -0.05) is 17.3 Å². The highest BCUT2D eigenvalue weighted by atomic mass is 32.1. The molecule has 0 radical (unpaired) electrons. The Labute approximate surface area is 188 Å². The molecule has 1 aliphatic rings. The van der Waals surface area contributed by atoms with Gasteiger partial charge in [0.05, 0.1) is 25.1 Å². The SMILES string of the molecule is CCOc1ccc(-c2nc(COC(=O)C3CC(c4cccc(F)c4)=NO3)cs2)cc1OC. The molecule has 1 aliphatic heterocycles. The number of thiazole rings is 1. The van der Waals surface area contributed by atoms with Gasteiger partial charge in [0.2, 0.25) is 6.10 Å². The minimum absolute atomic E-state index is 0.0126. The number of nitrogens with zero attached hydrogens (tertiary/aromatic N) is 2. The van der Waals surface area contributed by atoms with E-state index >= 15 is 0 Å². The van der Waals surface area contributed by atoms with Crippen LogP contribution < -0.4 is 9.47 Å². The van der Waals surface area contributed by atoms with Crippen LogP contribution in [0.4, 0.5) is 4.39 Å². The summed E-state index contributed by atoms with van der Waals surface area (Å²) in [5.41, 5.74) is 2.58. The molecule has 32 heavy (non-hydrogen) atoms. The van der Waals surface area contributed by atoms with Crippen molar-refractivity contribution in [3.63, 3.8) is 0 Å². The number of hydrogen-bond donors (Lipinski definition) is 0. The number of aromatic nitrogens is 1. The highest BCUT2D eigenvalue weighted by molar-refractivity contribution is 7.13. The summed E-state index contributed by atoms with van der Waals surface area (Å²) in [6.45, 7) is 2.47. The Morgan fingerprint density at radius 1 is 1.22 bits per heavy atom. The molecule has 2 aromatic carbocycles. The molecule has 3 aromatic rings. The number of benzene rings is 2. The third kappa shape index (κ3) is 4.88. The number of halogens is 1. The number of carbonyl (C=O) groups is 1. The van der Waals surface area contributed by atoms with E-state index in [1.807, 2.05) is 30.5 Å². The standard InChI is InChI=1S/C23H21FN2O5S/c1-3-29-19-8-7-15(10-20(19)28-2)22-25-17(13-32-22)12-30-23(27)21-11-18(26-31-21)14-5-4-6-16(24)9-14/h4-10,13,21H,3,11-12H2,1-2H3. The Bertz CT molecular complexity index is 1150. The summed E-state index contributed by atoms with van der Waals surface area (Å²) in [6, 6.07) is 11.6. The van der Waals surface area contributed by atoms with E-state index in [1.54, 1.807) is 19.2 Å².